The van der Waals surface area contributed by atoms with Crippen LogP contribution in [-0.2, 0) is 7.05 Å². The van der Waals surface area contributed by atoms with E-state index in [-0.39, 0.29) is 0 Å². The largest absolute Gasteiger partial charge is 0.300 e. The summed E-state index contributed by atoms with van der Waals surface area (Å²) in [4.78, 5) is 4.47. The molecule has 0 N–H and O–H groups in total. The van der Waals surface area contributed by atoms with E-state index < -0.39 is 0 Å². The summed E-state index contributed by atoms with van der Waals surface area (Å²) >= 11 is 0. The molecule has 0 radical (unpaired) electrons. The van der Waals surface area contributed by atoms with Gasteiger partial charge in [0.05, 0.1) is 18.0 Å². The first kappa shape index (κ1) is 16.5. The molecule has 4 aromatic rings. The minimum absolute atomic E-state index is 0.982. The van der Waals surface area contributed by atoms with Gasteiger partial charge in [0.2, 0.25) is 11.9 Å². The van der Waals surface area contributed by atoms with Gasteiger partial charge in [0.25, 0.3) is 5.82 Å². The van der Waals surface area contributed by atoms with E-state index in [0.29, 0.717) is 0 Å². The average Bonchev–Trinajstić information content (AvgIpc) is 2.93. The van der Waals surface area contributed by atoms with E-state index in [1.165, 1.54) is 39.0 Å². The molecule has 0 saturated carbocycles. The zero-order chi connectivity index (χ0) is 18.4. The van der Waals surface area contributed by atoms with Crippen LogP contribution in [0, 0.1) is 27.7 Å². The average molecular weight is 344 g/mol. The van der Waals surface area contributed by atoms with E-state index in [0.717, 1.165) is 5.82 Å². The predicted octanol–water partition coefficient (Wildman–Crippen LogP) is 3.36. The van der Waals surface area contributed by atoms with E-state index in [1.807, 2.05) is 19.2 Å². The van der Waals surface area contributed by atoms with Crippen LogP contribution in [0.25, 0.3) is 22.3 Å². The number of hydrogen-bond acceptors (Lipinski definition) is 1. The van der Waals surface area contributed by atoms with Crippen molar-refractivity contribution in [3.05, 3.63) is 77.5 Å². The van der Waals surface area contributed by atoms with Gasteiger partial charge in [-0.25, -0.2) is 0 Å². The molecule has 0 aliphatic rings. The highest BCUT2D eigenvalue weighted by Gasteiger charge is 2.26. The zero-order valence-electron chi connectivity index (χ0n) is 16.0. The van der Waals surface area contributed by atoms with Crippen LogP contribution in [0.3, 0.4) is 0 Å². The monoisotopic (exact) mass is 344 g/mol. The lowest BCUT2D eigenvalue weighted by Crippen LogP contribution is -2.43. The molecular weight excluding hydrogens is 320 g/mol. The Kier molecular flexibility index (Phi) is 3.83. The fraction of sp³-hybridized carbons (Fsp3) is 0.227. The molecule has 2 heterocycles. The maximum Gasteiger partial charge on any atom is 0.300 e. The highest BCUT2D eigenvalue weighted by atomic mass is 15.4. The SMILES string of the molecule is Cc1cc(C)c(-[n+]2cc3ccccc3n2C)c(C)c1-[n+]1cccnc1C. The number of para-hydroxylation sites is 1. The normalized spacial score (nSPS) is 11.3. The highest BCUT2D eigenvalue weighted by molar-refractivity contribution is 5.77. The van der Waals surface area contributed by atoms with Crippen molar-refractivity contribution in [2.45, 2.75) is 27.7 Å². The van der Waals surface area contributed by atoms with Crippen molar-refractivity contribution in [2.24, 2.45) is 7.05 Å². The minimum Gasteiger partial charge on any atom is -0.200 e. The third-order valence-electron chi connectivity index (χ3n) is 5.16. The molecule has 0 saturated heterocycles. The summed E-state index contributed by atoms with van der Waals surface area (Å²) in [6.45, 7) is 8.60. The zero-order valence-corrected chi connectivity index (χ0v) is 16.0. The van der Waals surface area contributed by atoms with Crippen LogP contribution >= 0.6 is 0 Å². The van der Waals surface area contributed by atoms with Gasteiger partial charge in [-0.2, -0.15) is 9.25 Å². The van der Waals surface area contributed by atoms with Crippen LogP contribution in [0.4, 0.5) is 0 Å². The van der Waals surface area contributed by atoms with Gasteiger partial charge < -0.3 is 0 Å². The molecular formula is C22H24N4+2. The first-order valence-electron chi connectivity index (χ1n) is 8.90. The molecule has 0 amide bonds. The summed E-state index contributed by atoms with van der Waals surface area (Å²) in [5.74, 6) is 0.982. The Balaban J connectivity index is 2.05. The number of aromatic nitrogens is 4. The van der Waals surface area contributed by atoms with Crippen LogP contribution in [0.1, 0.15) is 22.5 Å². The first-order chi connectivity index (χ1) is 12.5. The second-order valence-electron chi connectivity index (χ2n) is 6.93. The number of benzene rings is 2. The predicted molar refractivity (Wildman–Crippen MR) is 103 cm³/mol. The highest BCUT2D eigenvalue weighted by Crippen LogP contribution is 2.24. The Labute approximate surface area is 154 Å². The van der Waals surface area contributed by atoms with Gasteiger partial charge >= 0.3 is 0 Å². The minimum atomic E-state index is 0.982. The van der Waals surface area contributed by atoms with Crippen molar-refractivity contribution < 1.29 is 9.25 Å². The van der Waals surface area contributed by atoms with Gasteiger partial charge in [-0.3, -0.25) is 0 Å². The molecule has 0 bridgehead atoms. The molecule has 2 aromatic heterocycles. The van der Waals surface area contributed by atoms with Gasteiger partial charge in [-0.05, 0) is 44.5 Å². The molecule has 0 fully saturated rings. The van der Waals surface area contributed by atoms with Crippen molar-refractivity contribution in [3.63, 3.8) is 0 Å². The molecule has 130 valence electrons. The van der Waals surface area contributed by atoms with Crippen molar-refractivity contribution in [2.75, 3.05) is 0 Å². The van der Waals surface area contributed by atoms with E-state index in [9.17, 15) is 0 Å². The summed E-state index contributed by atoms with van der Waals surface area (Å²) in [7, 11) is 2.11. The Morgan fingerprint density at radius 3 is 2.38 bits per heavy atom. The van der Waals surface area contributed by atoms with E-state index in [2.05, 4.69) is 89.5 Å². The van der Waals surface area contributed by atoms with E-state index >= 15 is 0 Å². The number of fused-ring (bicyclic) bond motifs is 1. The number of nitrogens with zero attached hydrogens (tertiary/aromatic N) is 4. The Bertz CT molecular complexity index is 1140. The van der Waals surface area contributed by atoms with Gasteiger partial charge in [0.15, 0.2) is 0 Å². The van der Waals surface area contributed by atoms with Gasteiger partial charge in [0, 0.05) is 18.6 Å². The van der Waals surface area contributed by atoms with E-state index in [4.69, 9.17) is 0 Å². The number of hydrogen-bond donors (Lipinski definition) is 0. The lowest BCUT2D eigenvalue weighted by Gasteiger charge is -2.12. The van der Waals surface area contributed by atoms with Crippen LogP contribution in [-0.4, -0.2) is 9.67 Å². The molecule has 0 atom stereocenters. The van der Waals surface area contributed by atoms with E-state index in [1.54, 1.807) is 0 Å². The summed E-state index contributed by atoms with van der Waals surface area (Å²) in [5, 5.41) is 1.24. The molecule has 4 nitrogen and oxygen atoms in total. The molecule has 0 spiro atoms. The summed E-state index contributed by atoms with van der Waals surface area (Å²) in [5.41, 5.74) is 7.41. The molecule has 4 heteroatoms. The third kappa shape index (κ3) is 2.41. The summed E-state index contributed by atoms with van der Waals surface area (Å²) in [6.07, 6.45) is 6.14. The Hall–Kier alpha value is -3.01. The van der Waals surface area contributed by atoms with Gasteiger partial charge in [-0.15, -0.1) is 0 Å². The molecule has 26 heavy (non-hydrogen) atoms. The standard InChI is InChI=1S/C22H24N4/c1-15-13-16(2)22(17(3)21(15)25-12-8-11-23-18(25)4)26-14-19-9-6-7-10-20(19)24(26)5/h6-14H,1-5H3/q+2. The summed E-state index contributed by atoms with van der Waals surface area (Å²) < 4.78 is 6.64. The topological polar surface area (TPSA) is 25.6 Å². The quantitative estimate of drug-likeness (QED) is 0.512. The molecule has 0 aliphatic carbocycles. The first-order valence-corrected chi connectivity index (χ1v) is 8.90. The van der Waals surface area contributed by atoms with Crippen molar-refractivity contribution in [1.29, 1.82) is 0 Å². The van der Waals surface area contributed by atoms with Gasteiger partial charge in [-0.1, -0.05) is 21.8 Å². The molecule has 0 aliphatic heterocycles. The smallest absolute Gasteiger partial charge is 0.200 e. The maximum absolute atomic E-state index is 4.47. The van der Waals surface area contributed by atoms with Crippen molar-refractivity contribution in [1.82, 2.24) is 9.67 Å². The maximum atomic E-state index is 4.47. The molecule has 4 rings (SSSR count). The van der Waals surface area contributed by atoms with Crippen LogP contribution in [0.2, 0.25) is 0 Å². The lowest BCUT2D eigenvalue weighted by atomic mass is 10.0. The number of rotatable bonds is 2. The third-order valence-corrected chi connectivity index (χ3v) is 5.16. The fourth-order valence-corrected chi connectivity index (χ4v) is 4.01. The van der Waals surface area contributed by atoms with Crippen LogP contribution in [0.5, 0.6) is 0 Å². The second-order valence-corrected chi connectivity index (χ2v) is 6.93. The van der Waals surface area contributed by atoms with Gasteiger partial charge in [0.1, 0.15) is 23.6 Å². The summed E-state index contributed by atoms with van der Waals surface area (Å²) in [6, 6.07) is 12.7. The van der Waals surface area contributed by atoms with Crippen molar-refractivity contribution in [3.8, 4) is 11.4 Å². The molecule has 0 unspecified atom stereocenters. The number of aryl methyl sites for hydroxylation is 4. The lowest BCUT2D eigenvalue weighted by molar-refractivity contribution is -0.681. The fourth-order valence-electron chi connectivity index (χ4n) is 4.01. The Morgan fingerprint density at radius 2 is 1.65 bits per heavy atom. The Morgan fingerprint density at radius 1 is 0.923 bits per heavy atom. The second kappa shape index (κ2) is 6.06. The molecule has 2 aromatic carbocycles. The van der Waals surface area contributed by atoms with Crippen molar-refractivity contribution >= 4 is 10.9 Å². The van der Waals surface area contributed by atoms with Crippen LogP contribution in [0.15, 0.2) is 55.0 Å². The van der Waals surface area contributed by atoms with Crippen LogP contribution < -0.4 is 9.25 Å².